The van der Waals surface area contributed by atoms with Crippen molar-refractivity contribution >= 4 is 17.3 Å². The molecule has 2 rings (SSSR count). The minimum atomic E-state index is 0.462. The summed E-state index contributed by atoms with van der Waals surface area (Å²) in [6, 6.07) is 5.45. The van der Waals surface area contributed by atoms with Crippen LogP contribution in [-0.2, 0) is 6.54 Å². The van der Waals surface area contributed by atoms with Gasteiger partial charge >= 0.3 is 0 Å². The molecule has 0 spiro atoms. The predicted octanol–water partition coefficient (Wildman–Crippen LogP) is 2.65. The van der Waals surface area contributed by atoms with E-state index < -0.39 is 0 Å². The molecule has 0 bridgehead atoms. The number of hydrogen-bond acceptors (Lipinski definition) is 5. The fraction of sp³-hybridized carbons (Fsp3) is 0.273. The fourth-order valence-electron chi connectivity index (χ4n) is 1.36. The van der Waals surface area contributed by atoms with Crippen molar-refractivity contribution in [3.8, 4) is 5.75 Å². The first-order valence-corrected chi connectivity index (χ1v) is 5.43. The lowest BCUT2D eigenvalue weighted by atomic mass is 10.3. The molecule has 0 saturated heterocycles. The van der Waals surface area contributed by atoms with Gasteiger partial charge in [0.25, 0.3) is 0 Å². The molecular weight excluding hydrogens is 242 g/mol. The monoisotopic (exact) mass is 253 g/mol. The molecule has 0 aliphatic heterocycles. The normalized spacial score (nSPS) is 10.3. The molecule has 1 aromatic heterocycles. The number of aromatic nitrogens is 2. The number of nitrogens with one attached hydrogen (secondary N) is 1. The number of halogens is 1. The van der Waals surface area contributed by atoms with Crippen molar-refractivity contribution in [1.29, 1.82) is 0 Å². The van der Waals surface area contributed by atoms with Gasteiger partial charge in [-0.15, -0.1) is 10.2 Å². The van der Waals surface area contributed by atoms with Crippen LogP contribution < -0.4 is 10.1 Å². The molecule has 0 amide bonds. The lowest BCUT2D eigenvalue weighted by Crippen LogP contribution is -1.99. The highest BCUT2D eigenvalue weighted by Crippen LogP contribution is 2.27. The minimum absolute atomic E-state index is 0.462. The highest BCUT2D eigenvalue weighted by molar-refractivity contribution is 6.32. The van der Waals surface area contributed by atoms with Crippen molar-refractivity contribution in [3.05, 3.63) is 35.0 Å². The van der Waals surface area contributed by atoms with Crippen LogP contribution >= 0.6 is 11.6 Å². The van der Waals surface area contributed by atoms with Crippen molar-refractivity contribution in [1.82, 2.24) is 10.2 Å². The summed E-state index contributed by atoms with van der Waals surface area (Å²) in [5.41, 5.74) is 0.867. The summed E-state index contributed by atoms with van der Waals surface area (Å²) in [5.74, 6) is 1.73. The Morgan fingerprint density at radius 3 is 2.82 bits per heavy atom. The Labute approximate surface area is 104 Å². The van der Waals surface area contributed by atoms with Crippen molar-refractivity contribution < 1.29 is 9.15 Å². The molecule has 1 aromatic carbocycles. The average Bonchev–Trinajstić information content (AvgIpc) is 2.73. The maximum Gasteiger partial charge on any atom is 0.235 e. The van der Waals surface area contributed by atoms with E-state index in [1.54, 1.807) is 26.2 Å². The van der Waals surface area contributed by atoms with Crippen LogP contribution in [0, 0.1) is 6.92 Å². The summed E-state index contributed by atoms with van der Waals surface area (Å²) in [4.78, 5) is 0. The number of hydrogen-bond donors (Lipinski definition) is 1. The number of rotatable bonds is 4. The number of aryl methyl sites for hydroxylation is 1. The van der Waals surface area contributed by atoms with Gasteiger partial charge in [-0.1, -0.05) is 11.6 Å². The Morgan fingerprint density at radius 1 is 1.41 bits per heavy atom. The Bertz CT molecular complexity index is 513. The zero-order chi connectivity index (χ0) is 12.3. The largest absolute Gasteiger partial charge is 0.495 e. The van der Waals surface area contributed by atoms with E-state index in [1.165, 1.54) is 0 Å². The first-order valence-electron chi connectivity index (χ1n) is 5.05. The van der Waals surface area contributed by atoms with Gasteiger partial charge in [0.05, 0.1) is 18.7 Å². The van der Waals surface area contributed by atoms with Crippen LogP contribution in [0.3, 0.4) is 0 Å². The molecule has 2 aromatic rings. The second kappa shape index (κ2) is 5.05. The Balaban J connectivity index is 2.02. The SMILES string of the molecule is COc1ccc(NCc2nnc(C)o2)cc1Cl. The standard InChI is InChI=1S/C11H12ClN3O2/c1-7-14-15-11(17-7)6-13-8-3-4-10(16-2)9(12)5-8/h3-5,13H,6H2,1-2H3. The van der Waals surface area contributed by atoms with Gasteiger partial charge in [-0.2, -0.15) is 0 Å². The van der Waals surface area contributed by atoms with E-state index in [2.05, 4.69) is 15.5 Å². The highest BCUT2D eigenvalue weighted by atomic mass is 35.5. The molecule has 6 heteroatoms. The van der Waals surface area contributed by atoms with Gasteiger partial charge in [-0.3, -0.25) is 0 Å². The van der Waals surface area contributed by atoms with Gasteiger partial charge in [0, 0.05) is 12.6 Å². The first-order chi connectivity index (χ1) is 8.19. The number of nitrogens with zero attached hydrogens (tertiary/aromatic N) is 2. The number of anilines is 1. The van der Waals surface area contributed by atoms with Crippen LogP contribution in [0.2, 0.25) is 5.02 Å². The van der Waals surface area contributed by atoms with Gasteiger partial charge in [-0.25, -0.2) is 0 Å². The zero-order valence-electron chi connectivity index (χ0n) is 9.53. The van der Waals surface area contributed by atoms with E-state index in [4.69, 9.17) is 20.8 Å². The Hall–Kier alpha value is -1.75. The van der Waals surface area contributed by atoms with Crippen LogP contribution in [0.25, 0.3) is 0 Å². The quantitative estimate of drug-likeness (QED) is 0.908. The third kappa shape index (κ3) is 2.88. The third-order valence-corrected chi connectivity index (χ3v) is 2.46. The van der Waals surface area contributed by atoms with Crippen molar-refractivity contribution in [2.45, 2.75) is 13.5 Å². The van der Waals surface area contributed by atoms with Crippen molar-refractivity contribution in [3.63, 3.8) is 0 Å². The summed E-state index contributed by atoms with van der Waals surface area (Å²) in [6.07, 6.45) is 0. The van der Waals surface area contributed by atoms with Gasteiger partial charge in [-0.05, 0) is 18.2 Å². The number of ether oxygens (including phenoxy) is 1. The summed E-state index contributed by atoms with van der Waals surface area (Å²) in [7, 11) is 1.58. The molecule has 90 valence electrons. The van der Waals surface area contributed by atoms with Crippen molar-refractivity contribution in [2.75, 3.05) is 12.4 Å². The lowest BCUT2D eigenvalue weighted by Gasteiger charge is -2.07. The summed E-state index contributed by atoms with van der Waals surface area (Å²) in [5, 5.41) is 11.3. The van der Waals surface area contributed by atoms with E-state index in [0.29, 0.717) is 29.1 Å². The fourth-order valence-corrected chi connectivity index (χ4v) is 1.62. The second-order valence-electron chi connectivity index (χ2n) is 3.42. The lowest BCUT2D eigenvalue weighted by molar-refractivity contribution is 0.415. The van der Waals surface area contributed by atoms with E-state index >= 15 is 0 Å². The molecule has 0 atom stereocenters. The molecule has 0 radical (unpaired) electrons. The molecule has 0 aliphatic carbocycles. The Morgan fingerprint density at radius 2 is 2.24 bits per heavy atom. The van der Waals surface area contributed by atoms with Crippen molar-refractivity contribution in [2.24, 2.45) is 0 Å². The summed E-state index contributed by atoms with van der Waals surface area (Å²) in [6.45, 7) is 2.21. The number of methoxy groups -OCH3 is 1. The zero-order valence-corrected chi connectivity index (χ0v) is 10.3. The molecule has 0 unspecified atom stereocenters. The maximum atomic E-state index is 6.00. The topological polar surface area (TPSA) is 60.2 Å². The van der Waals surface area contributed by atoms with Gasteiger partial charge in [0.1, 0.15) is 5.75 Å². The molecule has 17 heavy (non-hydrogen) atoms. The average molecular weight is 254 g/mol. The second-order valence-corrected chi connectivity index (χ2v) is 3.82. The van der Waals surface area contributed by atoms with Crippen LogP contribution in [0.15, 0.2) is 22.6 Å². The minimum Gasteiger partial charge on any atom is -0.495 e. The van der Waals surface area contributed by atoms with Gasteiger partial charge < -0.3 is 14.5 Å². The Kier molecular flexibility index (Phi) is 3.49. The van der Waals surface area contributed by atoms with E-state index in [1.807, 2.05) is 6.07 Å². The van der Waals surface area contributed by atoms with E-state index in [9.17, 15) is 0 Å². The van der Waals surface area contributed by atoms with Crippen LogP contribution in [0.5, 0.6) is 5.75 Å². The molecule has 1 N–H and O–H groups in total. The maximum absolute atomic E-state index is 6.00. The number of benzene rings is 1. The molecule has 0 fully saturated rings. The molecule has 0 saturated carbocycles. The van der Waals surface area contributed by atoms with Crippen LogP contribution in [0.4, 0.5) is 5.69 Å². The highest BCUT2D eigenvalue weighted by Gasteiger charge is 2.04. The first kappa shape index (κ1) is 11.7. The molecule has 1 heterocycles. The predicted molar refractivity (Wildman–Crippen MR) is 64.4 cm³/mol. The summed E-state index contributed by atoms with van der Waals surface area (Å²) >= 11 is 6.00. The molecule has 0 aliphatic rings. The van der Waals surface area contributed by atoms with E-state index in [0.717, 1.165) is 5.69 Å². The van der Waals surface area contributed by atoms with E-state index in [-0.39, 0.29) is 0 Å². The molecular formula is C11H12ClN3O2. The van der Waals surface area contributed by atoms with Gasteiger partial charge in [0.15, 0.2) is 0 Å². The smallest absolute Gasteiger partial charge is 0.235 e. The summed E-state index contributed by atoms with van der Waals surface area (Å²) < 4.78 is 10.3. The van der Waals surface area contributed by atoms with Gasteiger partial charge in [0.2, 0.25) is 11.8 Å². The van der Waals surface area contributed by atoms with Crippen LogP contribution in [-0.4, -0.2) is 17.3 Å². The third-order valence-electron chi connectivity index (χ3n) is 2.16. The molecule has 5 nitrogen and oxygen atoms in total. The van der Waals surface area contributed by atoms with Crippen LogP contribution in [0.1, 0.15) is 11.8 Å².